The molecule has 0 aromatic rings. The molecule has 0 saturated heterocycles. The molecule has 0 aliphatic carbocycles. The van der Waals surface area contributed by atoms with Gasteiger partial charge in [-0.05, 0) is 19.4 Å². The Morgan fingerprint density at radius 3 is 2.73 bits per heavy atom. The molecular weight excluding hydrogens is 140 g/mol. The van der Waals surface area contributed by atoms with Gasteiger partial charge in [-0.25, -0.2) is 4.79 Å². The highest BCUT2D eigenvalue weighted by atomic mass is 16.5. The van der Waals surface area contributed by atoms with Gasteiger partial charge in [0.15, 0.2) is 0 Å². The minimum absolute atomic E-state index is 0.175. The zero-order chi connectivity index (χ0) is 8.43. The molecule has 1 heterocycles. The van der Waals surface area contributed by atoms with Crippen LogP contribution in [-0.2, 0) is 9.53 Å². The van der Waals surface area contributed by atoms with Crippen LogP contribution in [0, 0.1) is 0 Å². The molecular formula is C9H12O2. The fraction of sp³-hybridized carbons (Fsp3) is 0.444. The zero-order valence-electron chi connectivity index (χ0n) is 6.94. The first-order valence-corrected chi connectivity index (χ1v) is 3.61. The van der Waals surface area contributed by atoms with Crippen LogP contribution >= 0.6 is 0 Å². The van der Waals surface area contributed by atoms with Gasteiger partial charge in [0.05, 0.1) is 0 Å². The van der Waals surface area contributed by atoms with Gasteiger partial charge in [-0.3, -0.25) is 0 Å². The van der Waals surface area contributed by atoms with E-state index in [2.05, 4.69) is 6.58 Å². The van der Waals surface area contributed by atoms with Crippen LogP contribution in [0.2, 0.25) is 0 Å². The van der Waals surface area contributed by atoms with Crippen LogP contribution in [0.1, 0.15) is 20.3 Å². The number of carbonyl (C=O) groups excluding carboxylic acids is 1. The van der Waals surface area contributed by atoms with Crippen molar-refractivity contribution in [1.82, 2.24) is 0 Å². The molecule has 1 aliphatic rings. The van der Waals surface area contributed by atoms with Gasteiger partial charge < -0.3 is 4.74 Å². The largest absolute Gasteiger partial charge is 0.458 e. The van der Waals surface area contributed by atoms with Crippen molar-refractivity contribution in [2.75, 3.05) is 6.61 Å². The predicted molar refractivity (Wildman–Crippen MR) is 43.1 cm³/mol. The van der Waals surface area contributed by atoms with Crippen molar-refractivity contribution in [2.24, 2.45) is 0 Å². The van der Waals surface area contributed by atoms with Gasteiger partial charge in [-0.2, -0.15) is 0 Å². The molecule has 0 spiro atoms. The van der Waals surface area contributed by atoms with E-state index >= 15 is 0 Å². The van der Waals surface area contributed by atoms with Gasteiger partial charge in [-0.15, -0.1) is 0 Å². The van der Waals surface area contributed by atoms with Crippen molar-refractivity contribution >= 4 is 5.97 Å². The lowest BCUT2D eigenvalue weighted by molar-refractivity contribution is -0.136. The van der Waals surface area contributed by atoms with Gasteiger partial charge in [0, 0.05) is 12.0 Å². The second-order valence-corrected chi connectivity index (χ2v) is 2.97. The van der Waals surface area contributed by atoms with E-state index in [-0.39, 0.29) is 5.97 Å². The van der Waals surface area contributed by atoms with Crippen LogP contribution in [0.4, 0.5) is 0 Å². The Bertz CT molecular complexity index is 236. The van der Waals surface area contributed by atoms with Crippen LogP contribution in [0.5, 0.6) is 0 Å². The van der Waals surface area contributed by atoms with E-state index in [4.69, 9.17) is 4.74 Å². The number of rotatable bonds is 2. The first-order valence-electron chi connectivity index (χ1n) is 3.61. The maximum atomic E-state index is 11.0. The third-order valence-electron chi connectivity index (χ3n) is 1.66. The second-order valence-electron chi connectivity index (χ2n) is 2.97. The number of allylic oxidation sites excluding steroid dienone is 1. The van der Waals surface area contributed by atoms with E-state index < -0.39 is 0 Å². The number of hydrogen-bond donors (Lipinski definition) is 0. The van der Waals surface area contributed by atoms with E-state index in [1.165, 1.54) is 0 Å². The topological polar surface area (TPSA) is 26.3 Å². The SMILES string of the molecule is C=C(C)CC1=C(C)COC1=O. The summed E-state index contributed by atoms with van der Waals surface area (Å²) in [6.45, 7) is 8.03. The van der Waals surface area contributed by atoms with Crippen LogP contribution in [0.25, 0.3) is 0 Å². The molecule has 2 heteroatoms. The smallest absolute Gasteiger partial charge is 0.334 e. The normalized spacial score (nSPS) is 17.1. The highest BCUT2D eigenvalue weighted by molar-refractivity contribution is 5.92. The Morgan fingerprint density at radius 2 is 2.36 bits per heavy atom. The maximum Gasteiger partial charge on any atom is 0.334 e. The number of esters is 1. The molecule has 0 unspecified atom stereocenters. The molecule has 1 rings (SSSR count). The Hall–Kier alpha value is -1.05. The van der Waals surface area contributed by atoms with E-state index in [0.717, 1.165) is 16.7 Å². The maximum absolute atomic E-state index is 11.0. The molecule has 0 aromatic heterocycles. The van der Waals surface area contributed by atoms with Gasteiger partial charge in [0.25, 0.3) is 0 Å². The molecule has 0 aromatic carbocycles. The van der Waals surface area contributed by atoms with E-state index in [1.807, 2.05) is 13.8 Å². The standard InChI is InChI=1S/C9H12O2/c1-6(2)4-8-7(3)5-11-9(8)10/h1,4-5H2,2-3H3. The molecule has 2 nitrogen and oxygen atoms in total. The second kappa shape index (κ2) is 2.91. The predicted octanol–water partition coefficient (Wildman–Crippen LogP) is 1.83. The summed E-state index contributed by atoms with van der Waals surface area (Å²) in [6.07, 6.45) is 0.657. The lowest BCUT2D eigenvalue weighted by Crippen LogP contribution is -1.99. The molecule has 0 N–H and O–H groups in total. The molecule has 0 fully saturated rings. The highest BCUT2D eigenvalue weighted by Gasteiger charge is 2.20. The summed E-state index contributed by atoms with van der Waals surface area (Å²) in [5.74, 6) is -0.175. The fourth-order valence-corrected chi connectivity index (χ4v) is 1.05. The van der Waals surface area contributed by atoms with Crippen LogP contribution in [-0.4, -0.2) is 12.6 Å². The highest BCUT2D eigenvalue weighted by Crippen LogP contribution is 2.20. The van der Waals surface area contributed by atoms with Crippen molar-refractivity contribution in [3.05, 3.63) is 23.3 Å². The summed E-state index contributed by atoms with van der Waals surface area (Å²) in [7, 11) is 0. The average Bonchev–Trinajstić information content (AvgIpc) is 2.18. The molecule has 0 saturated carbocycles. The minimum Gasteiger partial charge on any atom is -0.458 e. The third kappa shape index (κ3) is 1.70. The molecule has 11 heavy (non-hydrogen) atoms. The van der Waals surface area contributed by atoms with Crippen LogP contribution < -0.4 is 0 Å². The fourth-order valence-electron chi connectivity index (χ4n) is 1.05. The summed E-state index contributed by atoms with van der Waals surface area (Å²) >= 11 is 0. The Labute approximate surface area is 66.5 Å². The summed E-state index contributed by atoms with van der Waals surface area (Å²) in [5, 5.41) is 0. The van der Waals surface area contributed by atoms with Crippen molar-refractivity contribution in [2.45, 2.75) is 20.3 Å². The number of cyclic esters (lactones) is 1. The molecule has 0 amide bonds. The van der Waals surface area contributed by atoms with Crippen molar-refractivity contribution in [1.29, 1.82) is 0 Å². The average molecular weight is 152 g/mol. The van der Waals surface area contributed by atoms with Gasteiger partial charge in [0.2, 0.25) is 0 Å². The zero-order valence-corrected chi connectivity index (χ0v) is 6.94. The summed E-state index contributed by atoms with van der Waals surface area (Å²) < 4.78 is 4.82. The number of ether oxygens (including phenoxy) is 1. The number of carbonyl (C=O) groups is 1. The van der Waals surface area contributed by atoms with Gasteiger partial charge in [0.1, 0.15) is 6.61 Å². The Morgan fingerprint density at radius 1 is 1.73 bits per heavy atom. The van der Waals surface area contributed by atoms with Crippen LogP contribution in [0.3, 0.4) is 0 Å². The number of hydrogen-bond acceptors (Lipinski definition) is 2. The lowest BCUT2D eigenvalue weighted by atomic mass is 10.1. The summed E-state index contributed by atoms with van der Waals surface area (Å²) in [4.78, 5) is 11.0. The molecule has 0 atom stereocenters. The first kappa shape index (κ1) is 8.05. The molecule has 0 radical (unpaired) electrons. The lowest BCUT2D eigenvalue weighted by Gasteiger charge is -1.97. The van der Waals surface area contributed by atoms with Gasteiger partial charge >= 0.3 is 5.97 Å². The minimum atomic E-state index is -0.175. The Balaban J connectivity index is 2.75. The monoisotopic (exact) mass is 152 g/mol. The molecule has 1 aliphatic heterocycles. The van der Waals surface area contributed by atoms with E-state index in [0.29, 0.717) is 13.0 Å². The first-order chi connectivity index (χ1) is 5.11. The van der Waals surface area contributed by atoms with Gasteiger partial charge in [-0.1, -0.05) is 12.2 Å². The summed E-state index contributed by atoms with van der Waals surface area (Å²) in [6, 6.07) is 0. The third-order valence-corrected chi connectivity index (χ3v) is 1.66. The molecule has 60 valence electrons. The van der Waals surface area contributed by atoms with E-state index in [9.17, 15) is 4.79 Å². The van der Waals surface area contributed by atoms with Crippen molar-refractivity contribution in [3.8, 4) is 0 Å². The van der Waals surface area contributed by atoms with Crippen molar-refractivity contribution in [3.63, 3.8) is 0 Å². The summed E-state index contributed by atoms with van der Waals surface area (Å²) in [5.41, 5.74) is 2.83. The quantitative estimate of drug-likeness (QED) is 0.445. The molecule has 0 bridgehead atoms. The van der Waals surface area contributed by atoms with E-state index in [1.54, 1.807) is 0 Å². The van der Waals surface area contributed by atoms with Crippen molar-refractivity contribution < 1.29 is 9.53 Å². The van der Waals surface area contributed by atoms with Crippen LogP contribution in [0.15, 0.2) is 23.3 Å². The Kier molecular flexibility index (Phi) is 2.13.